The third-order valence-electron chi connectivity index (χ3n) is 3.16. The van der Waals surface area contributed by atoms with Crippen molar-refractivity contribution in [3.8, 4) is 0 Å². The molecule has 1 fully saturated rings. The maximum atomic E-state index is 11.9. The molecule has 9 heteroatoms. The first-order valence-corrected chi connectivity index (χ1v) is 6.18. The fourth-order valence-electron chi connectivity index (χ4n) is 2.32. The summed E-state index contributed by atoms with van der Waals surface area (Å²) in [6.07, 6.45) is 0.673. The van der Waals surface area contributed by atoms with E-state index in [-0.39, 0.29) is 12.1 Å². The second kappa shape index (κ2) is 4.92. The summed E-state index contributed by atoms with van der Waals surface area (Å²) in [4.78, 5) is 11.9. The van der Waals surface area contributed by atoms with Crippen LogP contribution in [0, 0.1) is 5.92 Å². The van der Waals surface area contributed by atoms with E-state index in [1.54, 1.807) is 6.92 Å². The van der Waals surface area contributed by atoms with Crippen LogP contribution in [-0.4, -0.2) is 56.9 Å². The predicted molar refractivity (Wildman–Crippen MR) is 62.0 cm³/mol. The van der Waals surface area contributed by atoms with Crippen molar-refractivity contribution < 1.29 is 14.3 Å². The molecular weight excluding hydrogens is 252 g/mol. The Labute approximate surface area is 108 Å². The van der Waals surface area contributed by atoms with Crippen molar-refractivity contribution in [3.63, 3.8) is 0 Å². The Hall–Kier alpha value is -2.03. The minimum Gasteiger partial charge on any atom is -0.448 e. The Balaban J connectivity index is 1.89. The van der Waals surface area contributed by atoms with Gasteiger partial charge in [0.05, 0.1) is 6.61 Å². The Morgan fingerprint density at radius 3 is 3.26 bits per heavy atom. The third kappa shape index (κ3) is 2.16. The molecule has 1 aromatic heterocycles. The van der Waals surface area contributed by atoms with Gasteiger partial charge < -0.3 is 9.47 Å². The number of nitrogens with one attached hydrogen (secondary N) is 1. The normalized spacial score (nSPS) is 25.9. The number of hydrogen-bond acceptors (Lipinski definition) is 7. The smallest absolute Gasteiger partial charge is 0.432 e. The monoisotopic (exact) mass is 266 g/mol. The van der Waals surface area contributed by atoms with Gasteiger partial charge in [-0.3, -0.25) is 0 Å². The topological polar surface area (TPSA) is 106 Å². The van der Waals surface area contributed by atoms with Crippen LogP contribution in [0.1, 0.15) is 25.6 Å². The number of H-pyrrole nitrogens is 1. The van der Waals surface area contributed by atoms with Gasteiger partial charge in [0, 0.05) is 18.9 Å². The fourth-order valence-corrected chi connectivity index (χ4v) is 2.32. The highest BCUT2D eigenvalue weighted by atomic mass is 16.6. The molecule has 0 spiro atoms. The van der Waals surface area contributed by atoms with Gasteiger partial charge in [-0.25, -0.2) is 4.79 Å². The first-order valence-electron chi connectivity index (χ1n) is 6.18. The second-order valence-corrected chi connectivity index (χ2v) is 4.34. The number of ether oxygens (including phenoxy) is 2. The van der Waals surface area contributed by atoms with Crippen molar-refractivity contribution in [2.24, 2.45) is 11.0 Å². The summed E-state index contributed by atoms with van der Waals surface area (Å²) in [5.41, 5.74) is 0.619. The summed E-state index contributed by atoms with van der Waals surface area (Å²) < 4.78 is 10.5. The van der Waals surface area contributed by atoms with Crippen molar-refractivity contribution in [1.82, 2.24) is 25.6 Å². The number of hydrazone groups is 1. The molecule has 1 aromatic rings. The first-order chi connectivity index (χ1) is 9.29. The molecule has 1 saturated heterocycles. The van der Waals surface area contributed by atoms with Crippen LogP contribution in [0.4, 0.5) is 4.79 Å². The molecule has 3 rings (SSSR count). The van der Waals surface area contributed by atoms with E-state index in [9.17, 15) is 4.79 Å². The molecule has 0 bridgehead atoms. The summed E-state index contributed by atoms with van der Waals surface area (Å²) >= 11 is 0. The van der Waals surface area contributed by atoms with Gasteiger partial charge in [0.25, 0.3) is 0 Å². The quantitative estimate of drug-likeness (QED) is 0.815. The highest BCUT2D eigenvalue weighted by molar-refractivity contribution is 5.98. The number of carbonyl (C=O) groups excluding carboxylic acids is 1. The van der Waals surface area contributed by atoms with Crippen molar-refractivity contribution >= 4 is 11.8 Å². The maximum absolute atomic E-state index is 11.9. The SMILES string of the molecule is CCOC(=O)N1N=C(c2nn[nH]n2)CC2CCOC21. The van der Waals surface area contributed by atoms with Gasteiger partial charge in [-0.05, 0) is 18.6 Å². The minimum atomic E-state index is -0.514. The second-order valence-electron chi connectivity index (χ2n) is 4.34. The zero-order chi connectivity index (χ0) is 13.2. The van der Waals surface area contributed by atoms with Crippen LogP contribution in [0.3, 0.4) is 0 Å². The highest BCUT2D eigenvalue weighted by Gasteiger charge is 2.42. The average molecular weight is 266 g/mol. The van der Waals surface area contributed by atoms with Gasteiger partial charge in [-0.15, -0.1) is 10.2 Å². The molecule has 2 aliphatic heterocycles. The lowest BCUT2D eigenvalue weighted by atomic mass is 9.97. The number of nitrogens with zero attached hydrogens (tertiary/aromatic N) is 5. The zero-order valence-electron chi connectivity index (χ0n) is 10.4. The van der Waals surface area contributed by atoms with Gasteiger partial charge in [0.2, 0.25) is 5.82 Å². The van der Waals surface area contributed by atoms with E-state index in [2.05, 4.69) is 25.7 Å². The number of hydrogen-bond donors (Lipinski definition) is 1. The van der Waals surface area contributed by atoms with Crippen molar-refractivity contribution in [1.29, 1.82) is 0 Å². The lowest BCUT2D eigenvalue weighted by molar-refractivity contribution is -0.0393. The lowest BCUT2D eigenvalue weighted by Gasteiger charge is -2.31. The summed E-state index contributed by atoms with van der Waals surface area (Å²) in [7, 11) is 0. The molecule has 102 valence electrons. The Bertz CT molecular complexity index is 487. The molecule has 0 aliphatic carbocycles. The zero-order valence-corrected chi connectivity index (χ0v) is 10.4. The maximum Gasteiger partial charge on any atom is 0.432 e. The van der Waals surface area contributed by atoms with E-state index < -0.39 is 6.09 Å². The Morgan fingerprint density at radius 2 is 2.53 bits per heavy atom. The Kier molecular flexibility index (Phi) is 3.11. The van der Waals surface area contributed by atoms with Crippen LogP contribution < -0.4 is 0 Å². The van der Waals surface area contributed by atoms with Crippen LogP contribution in [0.15, 0.2) is 5.10 Å². The van der Waals surface area contributed by atoms with Crippen LogP contribution in [0.5, 0.6) is 0 Å². The number of fused-ring (bicyclic) bond motifs is 1. The van der Waals surface area contributed by atoms with Crippen molar-refractivity contribution in [3.05, 3.63) is 5.82 Å². The molecule has 2 unspecified atom stereocenters. The molecule has 0 aromatic carbocycles. The van der Waals surface area contributed by atoms with Crippen molar-refractivity contribution in [2.45, 2.75) is 26.0 Å². The van der Waals surface area contributed by atoms with Gasteiger partial charge in [0.15, 0.2) is 6.23 Å². The van der Waals surface area contributed by atoms with Gasteiger partial charge in [-0.2, -0.15) is 15.3 Å². The summed E-state index contributed by atoms with van der Waals surface area (Å²) in [6, 6.07) is 0. The molecule has 1 amide bonds. The largest absolute Gasteiger partial charge is 0.448 e. The first kappa shape index (κ1) is 12.0. The van der Waals surface area contributed by atoms with Crippen LogP contribution in [0.25, 0.3) is 0 Å². The molecule has 1 N–H and O–H groups in total. The predicted octanol–water partition coefficient (Wildman–Crippen LogP) is 0.129. The number of rotatable bonds is 2. The molecular formula is C10H14N6O3. The highest BCUT2D eigenvalue weighted by Crippen LogP contribution is 2.32. The van der Waals surface area contributed by atoms with Crippen LogP contribution in [0.2, 0.25) is 0 Å². The molecule has 3 heterocycles. The fraction of sp³-hybridized carbons (Fsp3) is 0.700. The number of amides is 1. The Morgan fingerprint density at radius 1 is 1.63 bits per heavy atom. The molecule has 0 saturated carbocycles. The van der Waals surface area contributed by atoms with E-state index >= 15 is 0 Å². The van der Waals surface area contributed by atoms with E-state index in [1.807, 2.05) is 0 Å². The lowest BCUT2D eigenvalue weighted by Crippen LogP contribution is -2.44. The number of aromatic nitrogens is 4. The number of aromatic amines is 1. The third-order valence-corrected chi connectivity index (χ3v) is 3.16. The van der Waals surface area contributed by atoms with Crippen LogP contribution in [-0.2, 0) is 9.47 Å². The number of tetrazole rings is 1. The molecule has 19 heavy (non-hydrogen) atoms. The molecule has 9 nitrogen and oxygen atoms in total. The average Bonchev–Trinajstić information content (AvgIpc) is 3.08. The standard InChI is InChI=1S/C10H14N6O3/c1-2-18-10(17)16-9-6(3-4-19-9)5-7(13-16)8-11-14-15-12-8/h6,9H,2-5H2,1H3,(H,11,12,14,15). The van der Waals surface area contributed by atoms with Gasteiger partial charge >= 0.3 is 6.09 Å². The number of carbonyl (C=O) groups is 1. The molecule has 0 radical (unpaired) electrons. The van der Waals surface area contributed by atoms with Gasteiger partial charge in [-0.1, -0.05) is 0 Å². The van der Waals surface area contributed by atoms with E-state index in [0.29, 0.717) is 31.2 Å². The van der Waals surface area contributed by atoms with Crippen LogP contribution >= 0.6 is 0 Å². The van der Waals surface area contributed by atoms with Crippen molar-refractivity contribution in [2.75, 3.05) is 13.2 Å². The van der Waals surface area contributed by atoms with E-state index in [0.717, 1.165) is 6.42 Å². The van der Waals surface area contributed by atoms with Gasteiger partial charge in [0.1, 0.15) is 5.71 Å². The summed E-state index contributed by atoms with van der Waals surface area (Å²) in [5, 5.41) is 19.2. The summed E-state index contributed by atoms with van der Waals surface area (Å²) in [6.45, 7) is 2.65. The van der Waals surface area contributed by atoms with E-state index in [4.69, 9.17) is 9.47 Å². The van der Waals surface area contributed by atoms with E-state index in [1.165, 1.54) is 5.01 Å². The molecule has 2 aliphatic rings. The summed E-state index contributed by atoms with van der Waals surface area (Å²) in [5.74, 6) is 0.593. The molecule has 2 atom stereocenters. The minimum absolute atomic E-state index is 0.190.